The van der Waals surface area contributed by atoms with Crippen LogP contribution in [0.3, 0.4) is 0 Å². The fourth-order valence-electron chi connectivity index (χ4n) is 2.13. The van der Waals surface area contributed by atoms with Crippen LogP contribution in [0.1, 0.15) is 17.7 Å². The second kappa shape index (κ2) is 6.36. The monoisotopic (exact) mass is 322 g/mol. The van der Waals surface area contributed by atoms with Crippen LogP contribution in [0.2, 0.25) is 0 Å². The van der Waals surface area contributed by atoms with Crippen molar-refractivity contribution < 1.29 is 19.8 Å². The third kappa shape index (κ3) is 3.01. The number of hydrogen-bond donors (Lipinski definition) is 0. The third-order valence-electron chi connectivity index (χ3n) is 3.08. The molecule has 0 saturated carbocycles. The van der Waals surface area contributed by atoms with Crippen molar-refractivity contribution in [3.63, 3.8) is 0 Å². The summed E-state index contributed by atoms with van der Waals surface area (Å²) in [7, 11) is 0. The van der Waals surface area contributed by atoms with Gasteiger partial charge >= 0.3 is 129 Å². The Morgan fingerprint density at radius 3 is 2.95 bits per heavy atom. The molecule has 0 N–H and O–H groups in total. The predicted molar refractivity (Wildman–Crippen MR) is 81.0 cm³/mol. The van der Waals surface area contributed by atoms with Crippen LogP contribution in [0.25, 0.3) is 6.08 Å². The molecule has 2 aliphatic carbocycles. The number of rotatable bonds is 5. The van der Waals surface area contributed by atoms with Gasteiger partial charge in [0.2, 0.25) is 0 Å². The van der Waals surface area contributed by atoms with E-state index in [4.69, 9.17) is 0 Å². The first-order valence-corrected chi connectivity index (χ1v) is 8.44. The van der Waals surface area contributed by atoms with Crippen LogP contribution in [-0.2, 0) is 19.8 Å². The number of hydrogen-bond acceptors (Lipinski definition) is 2. The third-order valence-corrected chi connectivity index (χ3v) is 5.52. The van der Waals surface area contributed by atoms with Crippen molar-refractivity contribution in [3.05, 3.63) is 72.9 Å². The average molecular weight is 322 g/mol. The van der Waals surface area contributed by atoms with E-state index >= 15 is 0 Å². The molecule has 0 bridgehead atoms. The molecule has 3 heteroatoms. The van der Waals surface area contributed by atoms with E-state index in [1.807, 2.05) is 23.6 Å². The molecule has 0 aromatic carbocycles. The molecule has 3 rings (SSSR count). The fourth-order valence-corrected chi connectivity index (χ4v) is 4.31. The van der Waals surface area contributed by atoms with Crippen molar-refractivity contribution in [2.75, 3.05) is 0 Å². The number of allylic oxidation sites excluding steroid dienone is 9. The van der Waals surface area contributed by atoms with Gasteiger partial charge in [0, 0.05) is 0 Å². The Hall–Kier alpha value is -1.41. The summed E-state index contributed by atoms with van der Waals surface area (Å²) < 4.78 is 2.79. The molecule has 0 aliphatic heterocycles. The number of carbonyl (C=O) groups excluding carboxylic acids is 1. The summed E-state index contributed by atoms with van der Waals surface area (Å²) in [5.74, 6) is 0. The van der Waals surface area contributed by atoms with E-state index in [1.54, 1.807) is 11.3 Å². The van der Waals surface area contributed by atoms with E-state index < -0.39 is 0 Å². The standard InChI is InChI=1S/C12H9OS.C5H5.Fe/c13-9-11(10-4-1-2-5-10)8-12-6-3-7-14-12;1-2-4-5-3-1;/h1,3-4,6-9H,2H2;1-3H,4H2;. The normalized spacial score (nSPS) is 18.2. The summed E-state index contributed by atoms with van der Waals surface area (Å²) in [4.78, 5) is 12.6. The van der Waals surface area contributed by atoms with E-state index in [0.717, 1.165) is 50.1 Å². The van der Waals surface area contributed by atoms with Crippen molar-refractivity contribution in [3.8, 4) is 0 Å². The molecule has 0 atom stereocenters. The number of aldehydes is 1. The molecule has 1 nitrogen and oxygen atoms in total. The maximum atomic E-state index is 11.4. The Kier molecular flexibility index (Phi) is 4.31. The van der Waals surface area contributed by atoms with Gasteiger partial charge in [-0.3, -0.25) is 0 Å². The molecule has 2 aliphatic rings. The Balaban J connectivity index is 1.88. The molecular formula is C17H14FeOS. The fraction of sp³-hybridized carbons (Fsp3) is 0.118. The van der Waals surface area contributed by atoms with Gasteiger partial charge in [-0.05, 0) is 0 Å². The van der Waals surface area contributed by atoms with Crippen LogP contribution >= 0.6 is 11.3 Å². The summed E-state index contributed by atoms with van der Waals surface area (Å²) in [5.41, 5.74) is 1.91. The van der Waals surface area contributed by atoms with Crippen LogP contribution < -0.4 is 0 Å². The summed E-state index contributed by atoms with van der Waals surface area (Å²) in [6, 6.07) is 4.05. The molecule has 0 fully saturated rings. The first kappa shape index (κ1) is 13.6. The molecule has 0 saturated heterocycles. The van der Waals surface area contributed by atoms with E-state index in [1.165, 1.54) is 8.94 Å². The van der Waals surface area contributed by atoms with Gasteiger partial charge in [0.25, 0.3) is 0 Å². The SMILES string of the molecule is O=CC(=Cc1cccs1)C1=[C]([Fe][C]2=CC=CC2)CC=C1. The average Bonchev–Trinajstić information content (AvgIpc) is 3.19. The molecule has 0 radical (unpaired) electrons. The van der Waals surface area contributed by atoms with Crippen molar-refractivity contribution in [1.29, 1.82) is 0 Å². The van der Waals surface area contributed by atoms with Crippen LogP contribution in [-0.4, -0.2) is 6.29 Å². The number of thiophene rings is 1. The Morgan fingerprint density at radius 1 is 1.30 bits per heavy atom. The van der Waals surface area contributed by atoms with Crippen molar-refractivity contribution in [2.24, 2.45) is 0 Å². The number of carbonyl (C=O) groups is 1. The Morgan fingerprint density at radius 2 is 2.25 bits per heavy atom. The summed E-state index contributed by atoms with van der Waals surface area (Å²) in [6.45, 7) is 0. The van der Waals surface area contributed by atoms with Crippen LogP contribution in [0.5, 0.6) is 0 Å². The van der Waals surface area contributed by atoms with Gasteiger partial charge in [-0.2, -0.15) is 0 Å². The summed E-state index contributed by atoms with van der Waals surface area (Å²) >= 11 is 2.63. The summed E-state index contributed by atoms with van der Waals surface area (Å²) in [6.07, 6.45) is 15.7. The zero-order valence-corrected chi connectivity index (χ0v) is 12.8. The van der Waals surface area contributed by atoms with Crippen molar-refractivity contribution >= 4 is 23.7 Å². The topological polar surface area (TPSA) is 17.1 Å². The molecule has 0 unspecified atom stereocenters. The van der Waals surface area contributed by atoms with E-state index in [0.29, 0.717) is 0 Å². The minimum absolute atomic E-state index is 0.794. The van der Waals surface area contributed by atoms with Gasteiger partial charge in [-0.25, -0.2) is 0 Å². The van der Waals surface area contributed by atoms with Gasteiger partial charge < -0.3 is 0 Å². The minimum atomic E-state index is 0.794. The molecular weight excluding hydrogens is 308 g/mol. The van der Waals surface area contributed by atoms with Crippen molar-refractivity contribution in [2.45, 2.75) is 12.8 Å². The van der Waals surface area contributed by atoms with Crippen molar-refractivity contribution in [1.82, 2.24) is 0 Å². The van der Waals surface area contributed by atoms with Gasteiger partial charge in [0.15, 0.2) is 0 Å². The molecule has 102 valence electrons. The first-order valence-electron chi connectivity index (χ1n) is 6.45. The zero-order chi connectivity index (χ0) is 13.8. The van der Waals surface area contributed by atoms with Gasteiger partial charge in [0.05, 0.1) is 0 Å². The second-order valence-electron chi connectivity index (χ2n) is 4.46. The zero-order valence-electron chi connectivity index (χ0n) is 10.9. The molecule has 0 amide bonds. The quantitative estimate of drug-likeness (QED) is 0.444. The Bertz CT molecular complexity index is 657. The van der Waals surface area contributed by atoms with E-state index in [2.05, 4.69) is 30.4 Å². The molecule has 1 aromatic rings. The van der Waals surface area contributed by atoms with Gasteiger partial charge in [0.1, 0.15) is 0 Å². The molecule has 1 aromatic heterocycles. The van der Waals surface area contributed by atoms with Crippen LogP contribution in [0.4, 0.5) is 0 Å². The Labute approximate surface area is 129 Å². The van der Waals surface area contributed by atoms with Gasteiger partial charge in [-0.15, -0.1) is 0 Å². The molecule has 20 heavy (non-hydrogen) atoms. The van der Waals surface area contributed by atoms with Crippen LogP contribution in [0, 0.1) is 0 Å². The van der Waals surface area contributed by atoms with Gasteiger partial charge in [-0.1, -0.05) is 0 Å². The van der Waals surface area contributed by atoms with Crippen LogP contribution in [0.15, 0.2) is 68.0 Å². The summed E-state index contributed by atoms with van der Waals surface area (Å²) in [5, 5.41) is 2.03. The van der Waals surface area contributed by atoms with E-state index in [-0.39, 0.29) is 0 Å². The first-order chi connectivity index (χ1) is 9.86. The predicted octanol–water partition coefficient (Wildman–Crippen LogP) is 4.47. The van der Waals surface area contributed by atoms with E-state index in [9.17, 15) is 4.79 Å². The maximum absolute atomic E-state index is 11.4. The molecule has 0 spiro atoms. The molecule has 1 heterocycles. The second-order valence-corrected chi connectivity index (χ2v) is 7.09.